The van der Waals surface area contributed by atoms with Gasteiger partial charge in [0, 0.05) is 11.6 Å². The van der Waals surface area contributed by atoms with E-state index in [0.717, 1.165) is 34.3 Å². The van der Waals surface area contributed by atoms with Crippen LogP contribution in [0, 0.1) is 5.92 Å². The van der Waals surface area contributed by atoms with Crippen LogP contribution in [0.5, 0.6) is 0 Å². The van der Waals surface area contributed by atoms with E-state index in [1.165, 1.54) is 32.1 Å². The van der Waals surface area contributed by atoms with E-state index in [9.17, 15) is 0 Å². The van der Waals surface area contributed by atoms with Gasteiger partial charge in [-0.1, -0.05) is 37.3 Å². The fourth-order valence-corrected chi connectivity index (χ4v) is 3.48. The van der Waals surface area contributed by atoms with Crippen molar-refractivity contribution in [2.75, 3.05) is 0 Å². The summed E-state index contributed by atoms with van der Waals surface area (Å²) in [7, 11) is 0. The number of aromatic nitrogens is 2. The minimum Gasteiger partial charge on any atom is -0.327 e. The molecule has 0 radical (unpaired) electrons. The molecule has 0 aliphatic heterocycles. The van der Waals surface area contributed by atoms with E-state index >= 15 is 0 Å². The molecule has 1 aromatic carbocycles. The highest BCUT2D eigenvalue weighted by atomic mass is 35.5. The molecule has 2 aromatic rings. The van der Waals surface area contributed by atoms with Crippen LogP contribution in [0.2, 0.25) is 5.02 Å². The van der Waals surface area contributed by atoms with E-state index in [-0.39, 0.29) is 0 Å². The van der Waals surface area contributed by atoms with Gasteiger partial charge in [-0.15, -0.1) is 11.6 Å². The van der Waals surface area contributed by atoms with Crippen molar-refractivity contribution in [3.8, 4) is 0 Å². The average Bonchev–Trinajstić information content (AvgIpc) is 3.03. The lowest BCUT2D eigenvalue weighted by Crippen LogP contribution is -2.06. The molecule has 2 nitrogen and oxygen atoms in total. The van der Waals surface area contributed by atoms with Gasteiger partial charge in [0.1, 0.15) is 5.82 Å². The van der Waals surface area contributed by atoms with Gasteiger partial charge < -0.3 is 4.57 Å². The minimum atomic E-state index is 0.455. The monoisotopic (exact) mass is 296 g/mol. The molecule has 1 aliphatic rings. The Labute approximate surface area is 123 Å². The number of fused-ring (bicyclic) bond motifs is 1. The first-order chi connectivity index (χ1) is 9.28. The highest BCUT2D eigenvalue weighted by Crippen LogP contribution is 2.29. The van der Waals surface area contributed by atoms with Crippen molar-refractivity contribution in [1.82, 2.24) is 9.55 Å². The summed E-state index contributed by atoms with van der Waals surface area (Å²) in [6.07, 6.45) is 6.77. The standard InChI is InChI=1S/C15H18Cl2N2/c16-10-15-18-13-6-5-12(17)9-14(13)19(15)8-7-11-3-1-2-4-11/h5-6,9,11H,1-4,7-8,10H2. The number of benzene rings is 1. The molecule has 0 spiro atoms. The summed E-state index contributed by atoms with van der Waals surface area (Å²) in [4.78, 5) is 4.59. The molecule has 0 bridgehead atoms. The van der Waals surface area contributed by atoms with Gasteiger partial charge in [0.25, 0.3) is 0 Å². The van der Waals surface area contributed by atoms with Crippen molar-refractivity contribution >= 4 is 34.2 Å². The third kappa shape index (κ3) is 2.75. The van der Waals surface area contributed by atoms with Gasteiger partial charge in [0.05, 0.1) is 16.9 Å². The highest BCUT2D eigenvalue weighted by Gasteiger charge is 2.16. The molecule has 3 rings (SSSR count). The number of hydrogen-bond donors (Lipinski definition) is 0. The van der Waals surface area contributed by atoms with Gasteiger partial charge in [0.2, 0.25) is 0 Å². The van der Waals surface area contributed by atoms with Gasteiger partial charge in [-0.25, -0.2) is 4.98 Å². The number of nitrogens with zero attached hydrogens (tertiary/aromatic N) is 2. The zero-order chi connectivity index (χ0) is 13.2. The number of rotatable bonds is 4. The minimum absolute atomic E-state index is 0.455. The molecule has 0 amide bonds. The summed E-state index contributed by atoms with van der Waals surface area (Å²) in [5.41, 5.74) is 2.10. The molecule has 4 heteroatoms. The van der Waals surface area contributed by atoms with Crippen molar-refractivity contribution < 1.29 is 0 Å². The normalized spacial score (nSPS) is 16.5. The van der Waals surface area contributed by atoms with E-state index in [1.807, 2.05) is 18.2 Å². The van der Waals surface area contributed by atoms with E-state index < -0.39 is 0 Å². The zero-order valence-electron chi connectivity index (χ0n) is 10.9. The quantitative estimate of drug-likeness (QED) is 0.725. The van der Waals surface area contributed by atoms with Crippen LogP contribution in [-0.4, -0.2) is 9.55 Å². The highest BCUT2D eigenvalue weighted by molar-refractivity contribution is 6.31. The Balaban J connectivity index is 1.88. The Morgan fingerprint density at radius 2 is 2.05 bits per heavy atom. The molecule has 0 atom stereocenters. The molecule has 19 heavy (non-hydrogen) atoms. The van der Waals surface area contributed by atoms with E-state index in [0.29, 0.717) is 5.88 Å². The van der Waals surface area contributed by atoms with E-state index in [4.69, 9.17) is 23.2 Å². The summed E-state index contributed by atoms with van der Waals surface area (Å²) < 4.78 is 2.24. The lowest BCUT2D eigenvalue weighted by Gasteiger charge is -2.12. The summed E-state index contributed by atoms with van der Waals surface area (Å²) in [5, 5.41) is 0.760. The first kappa shape index (κ1) is 13.3. The molecule has 0 N–H and O–H groups in total. The Morgan fingerprint density at radius 3 is 2.79 bits per heavy atom. The Morgan fingerprint density at radius 1 is 1.26 bits per heavy atom. The topological polar surface area (TPSA) is 17.8 Å². The van der Waals surface area contributed by atoms with Crippen LogP contribution >= 0.6 is 23.2 Å². The SMILES string of the molecule is ClCc1nc2ccc(Cl)cc2n1CCC1CCCC1. The van der Waals surface area contributed by atoms with Gasteiger partial charge in [-0.05, 0) is 30.5 Å². The average molecular weight is 297 g/mol. The van der Waals surface area contributed by atoms with Crippen molar-refractivity contribution in [2.24, 2.45) is 5.92 Å². The molecular weight excluding hydrogens is 279 g/mol. The van der Waals surface area contributed by atoms with Crippen LogP contribution in [0.4, 0.5) is 0 Å². The van der Waals surface area contributed by atoms with Crippen LogP contribution in [0.1, 0.15) is 37.9 Å². The molecule has 1 aromatic heterocycles. The lowest BCUT2D eigenvalue weighted by molar-refractivity contribution is 0.458. The number of aryl methyl sites for hydroxylation is 1. The van der Waals surface area contributed by atoms with Crippen LogP contribution < -0.4 is 0 Å². The van der Waals surface area contributed by atoms with Crippen molar-refractivity contribution in [1.29, 1.82) is 0 Å². The lowest BCUT2D eigenvalue weighted by atomic mass is 10.0. The smallest absolute Gasteiger partial charge is 0.124 e. The number of imidazole rings is 1. The summed E-state index contributed by atoms with van der Waals surface area (Å²) in [5.74, 6) is 2.29. The fraction of sp³-hybridized carbons (Fsp3) is 0.533. The molecule has 1 heterocycles. The van der Waals surface area contributed by atoms with Crippen LogP contribution in [0.25, 0.3) is 11.0 Å². The molecule has 1 aliphatic carbocycles. The molecule has 0 saturated heterocycles. The molecule has 1 saturated carbocycles. The van der Waals surface area contributed by atoms with Crippen molar-refractivity contribution in [3.63, 3.8) is 0 Å². The Bertz CT molecular complexity index is 571. The largest absolute Gasteiger partial charge is 0.327 e. The third-order valence-electron chi connectivity index (χ3n) is 4.14. The molecular formula is C15H18Cl2N2. The summed E-state index contributed by atoms with van der Waals surface area (Å²) in [6, 6.07) is 5.85. The van der Waals surface area contributed by atoms with E-state index in [2.05, 4.69) is 9.55 Å². The number of halogens is 2. The molecule has 1 fully saturated rings. The maximum absolute atomic E-state index is 6.10. The van der Waals surface area contributed by atoms with Gasteiger partial charge in [-0.2, -0.15) is 0 Å². The Hall–Kier alpha value is -0.730. The van der Waals surface area contributed by atoms with Gasteiger partial charge in [0.15, 0.2) is 0 Å². The van der Waals surface area contributed by atoms with Crippen molar-refractivity contribution in [2.45, 2.75) is 44.5 Å². The third-order valence-corrected chi connectivity index (χ3v) is 4.62. The predicted octanol–water partition coefficient (Wildman–Crippen LogP) is 5.01. The molecule has 0 unspecified atom stereocenters. The summed E-state index contributed by atoms with van der Waals surface area (Å²) >= 11 is 12.1. The van der Waals surface area contributed by atoms with Crippen LogP contribution in [-0.2, 0) is 12.4 Å². The van der Waals surface area contributed by atoms with Crippen molar-refractivity contribution in [3.05, 3.63) is 29.0 Å². The van der Waals surface area contributed by atoms with Crippen LogP contribution in [0.15, 0.2) is 18.2 Å². The van der Waals surface area contributed by atoms with E-state index in [1.54, 1.807) is 0 Å². The first-order valence-electron chi connectivity index (χ1n) is 6.98. The molecule has 102 valence electrons. The second-order valence-electron chi connectivity index (χ2n) is 5.39. The predicted molar refractivity (Wildman–Crippen MR) is 80.9 cm³/mol. The summed E-state index contributed by atoms with van der Waals surface area (Å²) in [6.45, 7) is 1.00. The zero-order valence-corrected chi connectivity index (χ0v) is 12.4. The number of alkyl halides is 1. The van der Waals surface area contributed by atoms with Gasteiger partial charge in [-0.3, -0.25) is 0 Å². The maximum atomic E-state index is 6.10. The van der Waals surface area contributed by atoms with Crippen LogP contribution in [0.3, 0.4) is 0 Å². The second kappa shape index (κ2) is 5.72. The Kier molecular flexibility index (Phi) is 3.99. The van der Waals surface area contributed by atoms with Gasteiger partial charge >= 0.3 is 0 Å². The first-order valence-corrected chi connectivity index (χ1v) is 7.90. The second-order valence-corrected chi connectivity index (χ2v) is 6.09. The number of hydrogen-bond acceptors (Lipinski definition) is 1. The fourth-order valence-electron chi connectivity index (χ4n) is 3.11. The maximum Gasteiger partial charge on any atom is 0.124 e.